The molecule has 0 radical (unpaired) electrons. The largest absolute Gasteiger partial charge is 0.377 e. The maximum Gasteiger partial charge on any atom is 0.224 e. The van der Waals surface area contributed by atoms with Crippen molar-refractivity contribution >= 4 is 5.91 Å². The number of pyridine rings is 1. The Bertz CT molecular complexity index is 561. The third-order valence-corrected chi connectivity index (χ3v) is 5.93. The highest BCUT2D eigenvalue weighted by Crippen LogP contribution is 2.37. The maximum absolute atomic E-state index is 12.6. The number of aromatic nitrogens is 1. The summed E-state index contributed by atoms with van der Waals surface area (Å²) in [6, 6.07) is 5.24. The van der Waals surface area contributed by atoms with E-state index in [1.54, 1.807) is 12.4 Å². The van der Waals surface area contributed by atoms with Gasteiger partial charge in [-0.25, -0.2) is 0 Å². The van der Waals surface area contributed by atoms with E-state index in [1.807, 2.05) is 12.1 Å². The van der Waals surface area contributed by atoms with Crippen molar-refractivity contribution in [3.63, 3.8) is 0 Å². The molecule has 1 N–H and O–H groups in total. The molecule has 4 rings (SSSR count). The van der Waals surface area contributed by atoms with E-state index >= 15 is 0 Å². The number of nitrogens with zero attached hydrogens (tertiary/aromatic N) is 2. The fourth-order valence-electron chi connectivity index (χ4n) is 4.34. The second-order valence-corrected chi connectivity index (χ2v) is 7.38. The predicted octanol–water partition coefficient (Wildman–Crippen LogP) is 1.77. The topological polar surface area (TPSA) is 54.5 Å². The van der Waals surface area contributed by atoms with Crippen LogP contribution in [0.3, 0.4) is 0 Å². The van der Waals surface area contributed by atoms with E-state index in [2.05, 4.69) is 15.2 Å². The van der Waals surface area contributed by atoms with Crippen LogP contribution < -0.4 is 5.32 Å². The average molecular weight is 329 g/mol. The summed E-state index contributed by atoms with van der Waals surface area (Å²) in [5, 5.41) is 3.13. The molecule has 24 heavy (non-hydrogen) atoms. The third-order valence-electron chi connectivity index (χ3n) is 5.93. The summed E-state index contributed by atoms with van der Waals surface area (Å²) in [6.45, 7) is 2.46. The summed E-state index contributed by atoms with van der Waals surface area (Å²) in [5.74, 6) is 0.268. The summed E-state index contributed by atoms with van der Waals surface area (Å²) in [7, 11) is 0. The molecule has 3 atom stereocenters. The molecule has 5 nitrogen and oxygen atoms in total. The third kappa shape index (κ3) is 3.33. The van der Waals surface area contributed by atoms with Crippen LogP contribution in [-0.2, 0) is 16.0 Å². The Morgan fingerprint density at radius 2 is 2.12 bits per heavy atom. The minimum absolute atomic E-state index is 0.0717. The monoisotopic (exact) mass is 329 g/mol. The van der Waals surface area contributed by atoms with Crippen molar-refractivity contribution in [3.05, 3.63) is 30.1 Å². The average Bonchev–Trinajstić information content (AvgIpc) is 3.03. The van der Waals surface area contributed by atoms with E-state index in [0.717, 1.165) is 32.4 Å². The van der Waals surface area contributed by atoms with Crippen molar-refractivity contribution in [1.29, 1.82) is 0 Å². The molecule has 1 amide bonds. The van der Waals surface area contributed by atoms with E-state index in [1.165, 1.54) is 24.8 Å². The van der Waals surface area contributed by atoms with Crippen molar-refractivity contribution in [1.82, 2.24) is 15.2 Å². The minimum atomic E-state index is 0.0717. The summed E-state index contributed by atoms with van der Waals surface area (Å²) in [4.78, 5) is 19.3. The van der Waals surface area contributed by atoms with Crippen molar-refractivity contribution in [2.24, 2.45) is 5.92 Å². The fraction of sp³-hybridized carbons (Fsp3) is 0.684. The number of fused-ring (bicyclic) bond motifs is 1. The smallest absolute Gasteiger partial charge is 0.224 e. The van der Waals surface area contributed by atoms with Gasteiger partial charge in [0.2, 0.25) is 5.91 Å². The lowest BCUT2D eigenvalue weighted by Gasteiger charge is -2.47. The molecule has 0 bridgehead atoms. The van der Waals surface area contributed by atoms with Crippen molar-refractivity contribution < 1.29 is 9.53 Å². The van der Waals surface area contributed by atoms with Crippen LogP contribution in [0.25, 0.3) is 0 Å². The highest BCUT2D eigenvalue weighted by Gasteiger charge is 2.45. The second-order valence-electron chi connectivity index (χ2n) is 7.38. The molecule has 0 spiro atoms. The molecule has 3 heterocycles. The Morgan fingerprint density at radius 3 is 2.88 bits per heavy atom. The molecule has 3 aliphatic rings. The first-order valence-electron chi connectivity index (χ1n) is 9.35. The van der Waals surface area contributed by atoms with Gasteiger partial charge in [0, 0.05) is 44.2 Å². The Kier molecular flexibility index (Phi) is 4.81. The van der Waals surface area contributed by atoms with Crippen LogP contribution in [0.15, 0.2) is 24.5 Å². The van der Waals surface area contributed by atoms with Gasteiger partial charge in [0.1, 0.15) is 0 Å². The first-order valence-corrected chi connectivity index (χ1v) is 9.35. The van der Waals surface area contributed by atoms with Gasteiger partial charge in [-0.3, -0.25) is 14.7 Å². The molecule has 2 saturated heterocycles. The number of hydrogen-bond acceptors (Lipinski definition) is 4. The second kappa shape index (κ2) is 7.19. The number of amides is 1. The SMILES string of the molecule is O=C(NCCc1ccncc1)[C@H]1C[C@H]2OCC[C@H]2N(C2CCC2)C1. The molecule has 1 aliphatic carbocycles. The van der Waals surface area contributed by atoms with Gasteiger partial charge in [0.05, 0.1) is 12.0 Å². The molecular formula is C19H27N3O2. The summed E-state index contributed by atoms with van der Waals surface area (Å²) < 4.78 is 5.93. The Balaban J connectivity index is 1.32. The van der Waals surface area contributed by atoms with Crippen LogP contribution in [0.5, 0.6) is 0 Å². The van der Waals surface area contributed by atoms with Gasteiger partial charge in [-0.15, -0.1) is 0 Å². The molecule has 5 heteroatoms. The lowest BCUT2D eigenvalue weighted by Crippen LogP contribution is -2.57. The van der Waals surface area contributed by atoms with Gasteiger partial charge in [-0.1, -0.05) is 6.42 Å². The summed E-state index contributed by atoms with van der Waals surface area (Å²) >= 11 is 0. The number of piperidine rings is 1. The van der Waals surface area contributed by atoms with E-state index in [9.17, 15) is 4.79 Å². The van der Waals surface area contributed by atoms with Gasteiger partial charge in [0.15, 0.2) is 0 Å². The summed E-state index contributed by atoms with van der Waals surface area (Å²) in [6.07, 6.45) is 10.7. The number of nitrogens with one attached hydrogen (secondary N) is 1. The predicted molar refractivity (Wildman–Crippen MR) is 91.5 cm³/mol. The standard InChI is InChI=1S/C19H27N3O2/c23-19(21-10-6-14-4-8-20-9-5-14)15-12-18-17(7-11-24-18)22(13-15)16-2-1-3-16/h4-5,8-9,15-18H,1-3,6-7,10-13H2,(H,21,23)/t15-,17+,18+/m0/s1. The Labute approximate surface area is 143 Å². The normalized spacial score (nSPS) is 30.6. The van der Waals surface area contributed by atoms with Crippen LogP contribution in [0.4, 0.5) is 0 Å². The van der Waals surface area contributed by atoms with Crippen LogP contribution in [-0.4, -0.2) is 53.7 Å². The van der Waals surface area contributed by atoms with Crippen molar-refractivity contribution in [2.45, 2.75) is 56.7 Å². The summed E-state index contributed by atoms with van der Waals surface area (Å²) in [5.41, 5.74) is 1.21. The molecule has 1 saturated carbocycles. The molecule has 0 unspecified atom stereocenters. The number of ether oxygens (including phenoxy) is 1. The van der Waals surface area contributed by atoms with Gasteiger partial charge < -0.3 is 10.1 Å². The van der Waals surface area contributed by atoms with Crippen LogP contribution in [0, 0.1) is 5.92 Å². The fourth-order valence-corrected chi connectivity index (χ4v) is 4.34. The molecule has 0 aromatic carbocycles. The zero-order valence-corrected chi connectivity index (χ0v) is 14.2. The van der Waals surface area contributed by atoms with Gasteiger partial charge >= 0.3 is 0 Å². The van der Waals surface area contributed by atoms with Gasteiger partial charge in [-0.05, 0) is 49.8 Å². The van der Waals surface area contributed by atoms with E-state index in [0.29, 0.717) is 18.6 Å². The van der Waals surface area contributed by atoms with Crippen LogP contribution in [0.2, 0.25) is 0 Å². The number of likely N-dealkylation sites (tertiary alicyclic amines) is 1. The van der Waals surface area contributed by atoms with E-state index < -0.39 is 0 Å². The van der Waals surface area contributed by atoms with E-state index in [-0.39, 0.29) is 17.9 Å². The molecule has 3 fully saturated rings. The van der Waals surface area contributed by atoms with Crippen molar-refractivity contribution in [3.8, 4) is 0 Å². The molecule has 1 aromatic heterocycles. The zero-order valence-electron chi connectivity index (χ0n) is 14.2. The maximum atomic E-state index is 12.6. The molecule has 1 aromatic rings. The van der Waals surface area contributed by atoms with E-state index in [4.69, 9.17) is 4.74 Å². The number of carbonyl (C=O) groups excluding carboxylic acids is 1. The molecule has 2 aliphatic heterocycles. The molecular weight excluding hydrogens is 302 g/mol. The lowest BCUT2D eigenvalue weighted by atomic mass is 9.83. The first-order chi connectivity index (χ1) is 11.8. The van der Waals surface area contributed by atoms with Crippen molar-refractivity contribution in [2.75, 3.05) is 19.7 Å². The van der Waals surface area contributed by atoms with Crippen LogP contribution >= 0.6 is 0 Å². The Morgan fingerprint density at radius 1 is 1.29 bits per heavy atom. The quantitative estimate of drug-likeness (QED) is 0.894. The van der Waals surface area contributed by atoms with Crippen LogP contribution in [0.1, 0.15) is 37.7 Å². The Hall–Kier alpha value is -1.46. The van der Waals surface area contributed by atoms with Gasteiger partial charge in [-0.2, -0.15) is 0 Å². The zero-order chi connectivity index (χ0) is 16.4. The first kappa shape index (κ1) is 16.0. The number of hydrogen-bond donors (Lipinski definition) is 1. The number of rotatable bonds is 5. The highest BCUT2D eigenvalue weighted by molar-refractivity contribution is 5.79. The molecule has 130 valence electrons. The van der Waals surface area contributed by atoms with Gasteiger partial charge in [0.25, 0.3) is 0 Å². The minimum Gasteiger partial charge on any atom is -0.377 e. The highest BCUT2D eigenvalue weighted by atomic mass is 16.5. The lowest BCUT2D eigenvalue weighted by molar-refractivity contribution is -0.131. The number of carbonyl (C=O) groups is 1.